The third-order valence-electron chi connectivity index (χ3n) is 4.19. The lowest BCUT2D eigenvalue weighted by Crippen LogP contribution is -2.28. The molecule has 0 unspecified atom stereocenters. The van der Waals surface area contributed by atoms with Gasteiger partial charge in [0, 0.05) is 18.2 Å². The molecule has 3 nitrogen and oxygen atoms in total. The SMILES string of the molecule is CCc1ccc(-c2nn(C)c(=O)c3c2CCCC3)cc1. The Morgan fingerprint density at radius 3 is 2.40 bits per heavy atom. The van der Waals surface area contributed by atoms with E-state index in [0.717, 1.165) is 48.9 Å². The summed E-state index contributed by atoms with van der Waals surface area (Å²) in [6.07, 6.45) is 5.18. The Hall–Kier alpha value is -1.90. The summed E-state index contributed by atoms with van der Waals surface area (Å²) in [7, 11) is 1.75. The highest BCUT2D eigenvalue weighted by Crippen LogP contribution is 2.28. The number of aryl methyl sites for hydroxylation is 2. The van der Waals surface area contributed by atoms with Crippen LogP contribution in [0.2, 0.25) is 0 Å². The lowest BCUT2D eigenvalue weighted by atomic mass is 9.89. The third-order valence-corrected chi connectivity index (χ3v) is 4.19. The van der Waals surface area contributed by atoms with Gasteiger partial charge in [0.25, 0.3) is 5.56 Å². The van der Waals surface area contributed by atoms with Crippen molar-refractivity contribution in [3.8, 4) is 11.3 Å². The summed E-state index contributed by atoms with van der Waals surface area (Å²) in [5.74, 6) is 0. The van der Waals surface area contributed by atoms with Crippen LogP contribution in [0.3, 0.4) is 0 Å². The average molecular weight is 268 g/mol. The molecule has 104 valence electrons. The van der Waals surface area contributed by atoms with Gasteiger partial charge in [-0.25, -0.2) is 4.68 Å². The standard InChI is InChI=1S/C17H20N2O/c1-3-12-8-10-13(11-9-12)16-14-6-4-5-7-15(14)17(20)19(2)18-16/h8-11H,3-7H2,1-2H3. The minimum Gasteiger partial charge on any atom is -0.268 e. The maximum absolute atomic E-state index is 12.2. The van der Waals surface area contributed by atoms with Crippen LogP contribution in [0.15, 0.2) is 29.1 Å². The van der Waals surface area contributed by atoms with Crippen molar-refractivity contribution in [2.75, 3.05) is 0 Å². The highest BCUT2D eigenvalue weighted by atomic mass is 16.1. The van der Waals surface area contributed by atoms with Gasteiger partial charge in [-0.1, -0.05) is 31.2 Å². The molecule has 1 aliphatic carbocycles. The fourth-order valence-electron chi connectivity index (χ4n) is 2.98. The fraction of sp³-hybridized carbons (Fsp3) is 0.412. The first-order valence-electron chi connectivity index (χ1n) is 7.39. The first-order valence-corrected chi connectivity index (χ1v) is 7.39. The molecular formula is C17H20N2O. The summed E-state index contributed by atoms with van der Waals surface area (Å²) >= 11 is 0. The molecule has 20 heavy (non-hydrogen) atoms. The predicted molar refractivity (Wildman–Crippen MR) is 80.9 cm³/mol. The average Bonchev–Trinajstić information content (AvgIpc) is 2.51. The molecule has 0 radical (unpaired) electrons. The van der Waals surface area contributed by atoms with Gasteiger partial charge in [-0.05, 0) is 43.2 Å². The second-order valence-corrected chi connectivity index (χ2v) is 5.49. The first kappa shape index (κ1) is 13.1. The highest BCUT2D eigenvalue weighted by molar-refractivity contribution is 5.64. The number of rotatable bonds is 2. The monoisotopic (exact) mass is 268 g/mol. The summed E-state index contributed by atoms with van der Waals surface area (Å²) in [6.45, 7) is 2.15. The number of aromatic nitrogens is 2. The van der Waals surface area contributed by atoms with Crippen LogP contribution in [-0.4, -0.2) is 9.78 Å². The van der Waals surface area contributed by atoms with Crippen LogP contribution in [-0.2, 0) is 26.3 Å². The maximum Gasteiger partial charge on any atom is 0.269 e. The Bertz CT molecular complexity index is 683. The number of benzene rings is 1. The van der Waals surface area contributed by atoms with Gasteiger partial charge in [-0.2, -0.15) is 5.10 Å². The zero-order valence-electron chi connectivity index (χ0n) is 12.1. The number of fused-ring (bicyclic) bond motifs is 1. The van der Waals surface area contributed by atoms with E-state index in [0.29, 0.717) is 0 Å². The summed E-state index contributed by atoms with van der Waals surface area (Å²) in [6, 6.07) is 8.55. The Morgan fingerprint density at radius 2 is 1.75 bits per heavy atom. The van der Waals surface area contributed by atoms with Crippen molar-refractivity contribution in [1.82, 2.24) is 9.78 Å². The smallest absolute Gasteiger partial charge is 0.268 e. The Labute approximate surface area is 119 Å². The van der Waals surface area contributed by atoms with E-state index >= 15 is 0 Å². The van der Waals surface area contributed by atoms with E-state index in [1.807, 2.05) is 0 Å². The Kier molecular flexibility index (Phi) is 3.43. The van der Waals surface area contributed by atoms with Crippen molar-refractivity contribution in [3.05, 3.63) is 51.3 Å². The second-order valence-electron chi connectivity index (χ2n) is 5.49. The quantitative estimate of drug-likeness (QED) is 0.839. The lowest BCUT2D eigenvalue weighted by Gasteiger charge is -2.19. The molecule has 1 aliphatic rings. The molecule has 3 heteroatoms. The van der Waals surface area contributed by atoms with Crippen molar-refractivity contribution in [3.63, 3.8) is 0 Å². The molecule has 3 rings (SSSR count). The maximum atomic E-state index is 12.2. The van der Waals surface area contributed by atoms with Crippen LogP contribution >= 0.6 is 0 Å². The number of nitrogens with zero attached hydrogens (tertiary/aromatic N) is 2. The highest BCUT2D eigenvalue weighted by Gasteiger charge is 2.20. The van der Waals surface area contributed by atoms with Gasteiger partial charge in [-0.15, -0.1) is 0 Å². The third kappa shape index (κ3) is 2.17. The topological polar surface area (TPSA) is 34.9 Å². The van der Waals surface area contributed by atoms with Crippen LogP contribution in [0.4, 0.5) is 0 Å². The van der Waals surface area contributed by atoms with Gasteiger partial charge < -0.3 is 0 Å². The molecule has 2 aromatic rings. The minimum atomic E-state index is 0.0774. The zero-order valence-corrected chi connectivity index (χ0v) is 12.1. The molecule has 0 saturated heterocycles. The molecule has 0 bridgehead atoms. The van der Waals surface area contributed by atoms with E-state index in [1.54, 1.807) is 7.05 Å². The molecule has 0 N–H and O–H groups in total. The molecular weight excluding hydrogens is 248 g/mol. The predicted octanol–water partition coefficient (Wildman–Crippen LogP) is 2.89. The molecule has 1 aromatic carbocycles. The normalized spacial score (nSPS) is 14.1. The molecule has 1 heterocycles. The summed E-state index contributed by atoms with van der Waals surface area (Å²) < 4.78 is 1.49. The molecule has 0 spiro atoms. The van der Waals surface area contributed by atoms with E-state index in [-0.39, 0.29) is 5.56 Å². The lowest BCUT2D eigenvalue weighted by molar-refractivity contribution is 0.627. The van der Waals surface area contributed by atoms with Gasteiger partial charge in [0.1, 0.15) is 0 Å². The van der Waals surface area contributed by atoms with Gasteiger partial charge >= 0.3 is 0 Å². The van der Waals surface area contributed by atoms with E-state index in [1.165, 1.54) is 15.8 Å². The van der Waals surface area contributed by atoms with Crippen molar-refractivity contribution in [2.24, 2.45) is 7.05 Å². The number of hydrogen-bond acceptors (Lipinski definition) is 2. The minimum absolute atomic E-state index is 0.0774. The van der Waals surface area contributed by atoms with Gasteiger partial charge in [-0.3, -0.25) is 4.79 Å². The summed E-state index contributed by atoms with van der Waals surface area (Å²) in [5.41, 5.74) is 5.66. The summed E-state index contributed by atoms with van der Waals surface area (Å²) in [4.78, 5) is 12.2. The molecule has 0 saturated carbocycles. The van der Waals surface area contributed by atoms with E-state index < -0.39 is 0 Å². The van der Waals surface area contributed by atoms with E-state index in [2.05, 4.69) is 36.3 Å². The largest absolute Gasteiger partial charge is 0.269 e. The van der Waals surface area contributed by atoms with Crippen molar-refractivity contribution < 1.29 is 0 Å². The van der Waals surface area contributed by atoms with Crippen molar-refractivity contribution >= 4 is 0 Å². The van der Waals surface area contributed by atoms with Crippen LogP contribution in [0.1, 0.15) is 36.5 Å². The van der Waals surface area contributed by atoms with Crippen LogP contribution in [0, 0.1) is 0 Å². The Morgan fingerprint density at radius 1 is 1.10 bits per heavy atom. The molecule has 0 amide bonds. The van der Waals surface area contributed by atoms with Gasteiger partial charge in [0.2, 0.25) is 0 Å². The Balaban J connectivity index is 2.17. The first-order chi connectivity index (χ1) is 9.70. The van der Waals surface area contributed by atoms with Gasteiger partial charge in [0.15, 0.2) is 0 Å². The van der Waals surface area contributed by atoms with Gasteiger partial charge in [0.05, 0.1) is 5.69 Å². The van der Waals surface area contributed by atoms with Crippen LogP contribution in [0.5, 0.6) is 0 Å². The van der Waals surface area contributed by atoms with Crippen molar-refractivity contribution in [2.45, 2.75) is 39.0 Å². The molecule has 0 atom stereocenters. The fourth-order valence-corrected chi connectivity index (χ4v) is 2.98. The van der Waals surface area contributed by atoms with Crippen LogP contribution in [0.25, 0.3) is 11.3 Å². The molecule has 0 aliphatic heterocycles. The molecule has 0 fully saturated rings. The molecule has 1 aromatic heterocycles. The summed E-state index contributed by atoms with van der Waals surface area (Å²) in [5, 5.41) is 4.52. The second kappa shape index (κ2) is 5.23. The zero-order chi connectivity index (χ0) is 14.1. The van der Waals surface area contributed by atoms with E-state index in [9.17, 15) is 4.79 Å². The van der Waals surface area contributed by atoms with E-state index in [4.69, 9.17) is 0 Å². The van der Waals surface area contributed by atoms with Crippen molar-refractivity contribution in [1.29, 1.82) is 0 Å². The number of hydrogen-bond donors (Lipinski definition) is 0. The van der Waals surface area contributed by atoms with Crippen LogP contribution < -0.4 is 5.56 Å².